The van der Waals surface area contributed by atoms with Crippen molar-refractivity contribution < 1.29 is 14.3 Å². The minimum atomic E-state index is -0.579. The van der Waals surface area contributed by atoms with Gasteiger partial charge in [0.05, 0.1) is 5.69 Å². The molecule has 1 aromatic carbocycles. The van der Waals surface area contributed by atoms with Crippen LogP contribution in [-0.2, 0) is 14.3 Å². The van der Waals surface area contributed by atoms with Gasteiger partial charge in [-0.25, -0.2) is 9.59 Å². The van der Waals surface area contributed by atoms with E-state index in [2.05, 4.69) is 36.0 Å². The van der Waals surface area contributed by atoms with Crippen molar-refractivity contribution in [2.45, 2.75) is 0 Å². The van der Waals surface area contributed by atoms with Crippen molar-refractivity contribution in [1.29, 1.82) is 0 Å². The minimum absolute atomic E-state index is 0.579. The lowest BCUT2D eigenvalue weighted by Gasteiger charge is -1.85. The van der Waals surface area contributed by atoms with E-state index in [0.29, 0.717) is 0 Å². The first-order valence-electron chi connectivity index (χ1n) is 7.95. The molecule has 1 aliphatic heterocycles. The Morgan fingerprint density at radius 2 is 1.30 bits per heavy atom. The van der Waals surface area contributed by atoms with Crippen molar-refractivity contribution in [2.75, 3.05) is 0 Å². The summed E-state index contributed by atoms with van der Waals surface area (Å²) in [5, 5.41) is 0. The van der Waals surface area contributed by atoms with Crippen LogP contribution in [0.4, 0.5) is 0 Å². The number of carbonyl (C=O) groups excluding carboxylic acids is 2. The van der Waals surface area contributed by atoms with Crippen molar-refractivity contribution in [1.82, 2.24) is 4.98 Å². The zero-order chi connectivity index (χ0) is 20.3. The SMILES string of the molecule is C=CC=C.C=Cc1ccccc1.C=Cc1ccccn1.O=C1C=CC(=O)O1. The van der Waals surface area contributed by atoms with Gasteiger partial charge in [0, 0.05) is 18.3 Å². The second-order valence-corrected chi connectivity index (χ2v) is 4.62. The number of aromatic nitrogens is 1. The highest BCUT2D eigenvalue weighted by molar-refractivity contribution is 6.04. The smallest absolute Gasteiger partial charge is 0.338 e. The van der Waals surface area contributed by atoms with E-state index in [0.717, 1.165) is 17.8 Å². The quantitative estimate of drug-likeness (QED) is 0.437. The number of hydrogen-bond acceptors (Lipinski definition) is 4. The third kappa shape index (κ3) is 13.2. The first-order chi connectivity index (χ1) is 13.1. The number of cyclic esters (lactones) is 2. The van der Waals surface area contributed by atoms with Gasteiger partial charge in [0.1, 0.15) is 0 Å². The number of ether oxygens (including phenoxy) is 1. The van der Waals surface area contributed by atoms with Gasteiger partial charge in [0.15, 0.2) is 0 Å². The predicted octanol–water partition coefficient (Wildman–Crippen LogP) is 5.04. The molecule has 0 amide bonds. The van der Waals surface area contributed by atoms with Gasteiger partial charge in [0.2, 0.25) is 0 Å². The maximum atomic E-state index is 9.92. The highest BCUT2D eigenvalue weighted by atomic mass is 16.6. The Hall–Kier alpha value is -3.79. The van der Waals surface area contributed by atoms with Crippen LogP contribution in [0, 0.1) is 0 Å². The number of hydrogen-bond donors (Lipinski definition) is 0. The van der Waals surface area contributed by atoms with Gasteiger partial charge >= 0.3 is 11.9 Å². The van der Waals surface area contributed by atoms with E-state index in [-0.39, 0.29) is 0 Å². The molecule has 0 radical (unpaired) electrons. The van der Waals surface area contributed by atoms with Gasteiger partial charge in [-0.3, -0.25) is 4.98 Å². The topological polar surface area (TPSA) is 56.3 Å². The lowest BCUT2D eigenvalue weighted by molar-refractivity contribution is -0.150. The minimum Gasteiger partial charge on any atom is -0.387 e. The summed E-state index contributed by atoms with van der Waals surface area (Å²) < 4.78 is 3.97. The first-order valence-corrected chi connectivity index (χ1v) is 7.95. The number of nitrogens with zero attached hydrogens (tertiary/aromatic N) is 1. The Labute approximate surface area is 160 Å². The highest BCUT2D eigenvalue weighted by Crippen LogP contribution is 1.97. The molecule has 2 aromatic rings. The van der Waals surface area contributed by atoms with E-state index in [1.165, 1.54) is 5.56 Å². The molecule has 0 atom stereocenters. The van der Waals surface area contributed by atoms with Crippen LogP contribution >= 0.6 is 0 Å². The average molecular weight is 361 g/mol. The molecule has 138 valence electrons. The molecule has 0 N–H and O–H groups in total. The lowest BCUT2D eigenvalue weighted by atomic mass is 10.2. The van der Waals surface area contributed by atoms with E-state index in [4.69, 9.17) is 0 Å². The fraction of sp³-hybridized carbons (Fsp3) is 0. The molecule has 0 spiro atoms. The molecule has 0 saturated heterocycles. The molecular formula is C23H23NO3. The summed E-state index contributed by atoms with van der Waals surface area (Å²) in [5.74, 6) is -1.16. The van der Waals surface area contributed by atoms with Crippen LogP contribution in [0.5, 0.6) is 0 Å². The monoisotopic (exact) mass is 361 g/mol. The fourth-order valence-electron chi connectivity index (χ4n) is 1.39. The van der Waals surface area contributed by atoms with E-state index in [9.17, 15) is 9.59 Å². The van der Waals surface area contributed by atoms with Gasteiger partial charge in [-0.05, 0) is 23.8 Å². The van der Waals surface area contributed by atoms with Gasteiger partial charge < -0.3 is 4.74 Å². The van der Waals surface area contributed by atoms with Crippen LogP contribution in [0.2, 0.25) is 0 Å². The maximum Gasteiger partial charge on any atom is 0.338 e. The fourth-order valence-corrected chi connectivity index (χ4v) is 1.39. The van der Waals surface area contributed by atoms with E-state index in [1.807, 2.05) is 54.6 Å². The normalized spacial score (nSPS) is 10.4. The summed E-state index contributed by atoms with van der Waals surface area (Å²) >= 11 is 0. The predicted molar refractivity (Wildman–Crippen MR) is 111 cm³/mol. The van der Waals surface area contributed by atoms with E-state index in [1.54, 1.807) is 24.4 Å². The molecule has 0 aliphatic carbocycles. The zero-order valence-corrected chi connectivity index (χ0v) is 15.2. The van der Waals surface area contributed by atoms with Gasteiger partial charge in [0.25, 0.3) is 0 Å². The Morgan fingerprint density at radius 3 is 1.56 bits per heavy atom. The average Bonchev–Trinajstić information content (AvgIpc) is 3.13. The largest absolute Gasteiger partial charge is 0.387 e. The summed E-state index contributed by atoms with van der Waals surface area (Å²) in [6.45, 7) is 13.9. The van der Waals surface area contributed by atoms with Crippen LogP contribution < -0.4 is 0 Å². The summed E-state index contributed by atoms with van der Waals surface area (Å²) in [6, 6.07) is 15.8. The van der Waals surface area contributed by atoms with Gasteiger partial charge in [-0.2, -0.15) is 0 Å². The molecule has 0 fully saturated rings. The summed E-state index contributed by atoms with van der Waals surface area (Å²) in [6.07, 6.45) is 10.8. The molecule has 0 saturated carbocycles. The van der Waals surface area contributed by atoms with Crippen molar-refractivity contribution in [3.8, 4) is 0 Å². The van der Waals surface area contributed by atoms with Crippen molar-refractivity contribution >= 4 is 24.1 Å². The van der Waals surface area contributed by atoms with E-state index < -0.39 is 11.9 Å². The summed E-state index contributed by atoms with van der Waals surface area (Å²) in [7, 11) is 0. The summed E-state index contributed by atoms with van der Waals surface area (Å²) in [5.41, 5.74) is 2.10. The van der Waals surface area contributed by atoms with Crippen molar-refractivity contribution in [3.63, 3.8) is 0 Å². The molecule has 4 nitrogen and oxygen atoms in total. The van der Waals surface area contributed by atoms with Crippen molar-refractivity contribution in [2.24, 2.45) is 0 Å². The zero-order valence-electron chi connectivity index (χ0n) is 15.2. The van der Waals surface area contributed by atoms with Crippen molar-refractivity contribution in [3.05, 3.63) is 117 Å². The number of benzene rings is 1. The number of pyridine rings is 1. The molecule has 3 rings (SSSR count). The number of allylic oxidation sites excluding steroid dienone is 2. The summed E-state index contributed by atoms with van der Waals surface area (Å²) in [4.78, 5) is 23.8. The van der Waals surface area contributed by atoms with Crippen LogP contribution in [0.3, 0.4) is 0 Å². The first kappa shape index (κ1) is 23.2. The van der Waals surface area contributed by atoms with Gasteiger partial charge in [-0.1, -0.05) is 80.9 Å². The molecular weight excluding hydrogens is 338 g/mol. The lowest BCUT2D eigenvalue weighted by Crippen LogP contribution is -1.96. The molecule has 4 heteroatoms. The molecule has 0 bridgehead atoms. The molecule has 1 aromatic heterocycles. The number of rotatable bonds is 3. The second-order valence-electron chi connectivity index (χ2n) is 4.62. The third-order valence-corrected chi connectivity index (χ3v) is 2.66. The Balaban J connectivity index is 0.000000344. The second kappa shape index (κ2) is 15.7. The Kier molecular flexibility index (Phi) is 13.5. The number of carbonyl (C=O) groups is 2. The van der Waals surface area contributed by atoms with Crippen LogP contribution in [0.1, 0.15) is 11.3 Å². The van der Waals surface area contributed by atoms with Gasteiger partial charge in [-0.15, -0.1) is 0 Å². The van der Waals surface area contributed by atoms with Crippen LogP contribution in [-0.4, -0.2) is 16.9 Å². The third-order valence-electron chi connectivity index (χ3n) is 2.66. The Bertz CT molecular complexity index is 697. The standard InChI is InChI=1S/C8H8.C7H7N.C4H2O3.C4H6/c1-2-8-6-4-3-5-7-8;1-2-7-5-3-4-6-8-7;5-3-1-2-4(6)7-3;1-3-4-2/h2-7H,1H2;2-6H,1H2;1-2H;3-4H,1-2H2. The highest BCUT2D eigenvalue weighted by Gasteiger charge is 2.10. The van der Waals surface area contributed by atoms with Crippen LogP contribution in [0.25, 0.3) is 12.2 Å². The van der Waals surface area contributed by atoms with Crippen LogP contribution in [0.15, 0.2) is 105 Å². The molecule has 1 aliphatic rings. The molecule has 0 unspecified atom stereocenters. The molecule has 27 heavy (non-hydrogen) atoms. The van der Waals surface area contributed by atoms with E-state index >= 15 is 0 Å². The Morgan fingerprint density at radius 1 is 0.741 bits per heavy atom. The number of esters is 2. The molecule has 2 heterocycles. The maximum absolute atomic E-state index is 9.92.